The van der Waals surface area contributed by atoms with Crippen molar-refractivity contribution in [2.45, 2.75) is 18.3 Å². The molecular weight excluding hydrogens is 418 g/mol. The molecule has 0 unspecified atom stereocenters. The molecular formula is C25H31N5O3. The molecule has 2 aromatic carbocycles. The monoisotopic (exact) mass is 449 g/mol. The number of hydrogen-bond acceptors (Lipinski definition) is 8. The largest absolute Gasteiger partial charge is 0.493 e. The minimum atomic E-state index is -0.0694. The number of ether oxygens (including phenoxy) is 2. The molecule has 0 amide bonds. The molecule has 0 saturated carbocycles. The van der Waals surface area contributed by atoms with Crippen LogP contribution in [0, 0.1) is 0 Å². The van der Waals surface area contributed by atoms with E-state index in [-0.39, 0.29) is 5.41 Å². The van der Waals surface area contributed by atoms with Crippen LogP contribution in [0.2, 0.25) is 0 Å². The Labute approximate surface area is 194 Å². The summed E-state index contributed by atoms with van der Waals surface area (Å²) in [5.41, 5.74) is 8.25. The van der Waals surface area contributed by atoms with Crippen molar-refractivity contribution in [3.63, 3.8) is 0 Å². The van der Waals surface area contributed by atoms with Crippen LogP contribution in [0.5, 0.6) is 11.5 Å². The van der Waals surface area contributed by atoms with Crippen LogP contribution < -0.4 is 20.1 Å². The molecule has 1 saturated heterocycles. The quantitative estimate of drug-likeness (QED) is 0.525. The van der Waals surface area contributed by atoms with Gasteiger partial charge in [-0.15, -0.1) is 0 Å². The smallest absolute Gasteiger partial charge is 0.227 e. The van der Waals surface area contributed by atoms with E-state index in [1.165, 1.54) is 5.56 Å². The Morgan fingerprint density at radius 1 is 1.09 bits per heavy atom. The third-order valence-corrected chi connectivity index (χ3v) is 6.63. The third kappa shape index (κ3) is 4.57. The fraction of sp³-hybridized carbons (Fsp3) is 0.400. The number of rotatable bonds is 8. The first kappa shape index (κ1) is 22.8. The second-order valence-electron chi connectivity index (χ2n) is 8.60. The number of likely N-dealkylation sites (tertiary alicyclic amines) is 1. The maximum atomic E-state index is 11.0. The summed E-state index contributed by atoms with van der Waals surface area (Å²) in [6.07, 6.45) is 2.88. The zero-order valence-corrected chi connectivity index (χ0v) is 19.5. The number of anilines is 2. The Kier molecular flexibility index (Phi) is 6.65. The van der Waals surface area contributed by atoms with Gasteiger partial charge in [-0.2, -0.15) is 4.98 Å². The highest BCUT2D eigenvalue weighted by molar-refractivity contribution is 5.91. The molecule has 2 N–H and O–H groups in total. The number of carbonyl (C=O) groups excluding carboxylic acids is 1. The molecule has 1 aliphatic rings. The van der Waals surface area contributed by atoms with E-state index in [2.05, 4.69) is 39.0 Å². The van der Waals surface area contributed by atoms with Crippen molar-refractivity contribution < 1.29 is 14.3 Å². The van der Waals surface area contributed by atoms with E-state index in [0.717, 1.165) is 44.1 Å². The van der Waals surface area contributed by atoms with Gasteiger partial charge in [0.25, 0.3) is 0 Å². The topological polar surface area (TPSA) is 93.8 Å². The minimum absolute atomic E-state index is 0.0694. The second-order valence-corrected chi connectivity index (χ2v) is 8.60. The van der Waals surface area contributed by atoms with Gasteiger partial charge in [0.05, 0.1) is 26.3 Å². The Bertz CT molecular complexity index is 1110. The number of nitrogen functional groups attached to an aromatic ring is 1. The normalized spacial score (nSPS) is 15.8. The number of carbonyl (C=O) groups is 1. The Balaban J connectivity index is 1.67. The first-order valence-corrected chi connectivity index (χ1v) is 11.1. The van der Waals surface area contributed by atoms with Crippen LogP contribution in [-0.2, 0) is 10.2 Å². The molecule has 174 valence electrons. The highest BCUT2D eigenvalue weighted by Crippen LogP contribution is 2.38. The SMILES string of the molecule is COc1cc2nc(N(C)CC3(c4ccccc4)CCN(CC=O)CC3)nc(N)c2cc1OC. The zero-order valence-electron chi connectivity index (χ0n) is 19.5. The number of nitrogens with two attached hydrogens (primary N) is 1. The number of hydrogen-bond donors (Lipinski definition) is 1. The maximum absolute atomic E-state index is 11.0. The van der Waals surface area contributed by atoms with Crippen molar-refractivity contribution in [3.8, 4) is 11.5 Å². The van der Waals surface area contributed by atoms with E-state index in [0.29, 0.717) is 35.3 Å². The van der Waals surface area contributed by atoms with Crippen LogP contribution in [0.3, 0.4) is 0 Å². The van der Waals surface area contributed by atoms with E-state index in [4.69, 9.17) is 20.2 Å². The maximum Gasteiger partial charge on any atom is 0.227 e. The molecule has 8 nitrogen and oxygen atoms in total. The number of fused-ring (bicyclic) bond motifs is 1. The molecule has 1 aromatic heterocycles. The van der Waals surface area contributed by atoms with Gasteiger partial charge in [-0.3, -0.25) is 4.90 Å². The lowest BCUT2D eigenvalue weighted by Gasteiger charge is -2.44. The summed E-state index contributed by atoms with van der Waals surface area (Å²) in [5, 5.41) is 0.727. The van der Waals surface area contributed by atoms with Crippen LogP contribution in [0.15, 0.2) is 42.5 Å². The number of methoxy groups -OCH3 is 2. The van der Waals surface area contributed by atoms with Gasteiger partial charge in [0, 0.05) is 30.5 Å². The number of likely N-dealkylation sites (N-methyl/N-ethyl adjacent to an activating group) is 1. The highest BCUT2D eigenvalue weighted by atomic mass is 16.5. The molecule has 1 aliphatic heterocycles. The molecule has 0 aliphatic carbocycles. The summed E-state index contributed by atoms with van der Waals surface area (Å²) in [7, 11) is 5.19. The fourth-order valence-corrected chi connectivity index (χ4v) is 4.76. The van der Waals surface area contributed by atoms with Crippen molar-refractivity contribution in [1.82, 2.24) is 14.9 Å². The molecule has 3 aromatic rings. The van der Waals surface area contributed by atoms with Gasteiger partial charge in [-0.1, -0.05) is 30.3 Å². The summed E-state index contributed by atoms with van der Waals surface area (Å²) in [6, 6.07) is 14.2. The molecule has 0 spiro atoms. The van der Waals surface area contributed by atoms with E-state index >= 15 is 0 Å². The number of aromatic nitrogens is 2. The minimum Gasteiger partial charge on any atom is -0.493 e. The lowest BCUT2D eigenvalue weighted by atomic mass is 9.72. The summed E-state index contributed by atoms with van der Waals surface area (Å²) in [5.74, 6) is 2.15. The molecule has 4 rings (SSSR count). The van der Waals surface area contributed by atoms with Crippen molar-refractivity contribution in [2.75, 3.05) is 58.1 Å². The Morgan fingerprint density at radius 3 is 2.39 bits per heavy atom. The highest BCUT2D eigenvalue weighted by Gasteiger charge is 2.37. The standard InChI is InChI=1S/C25H31N5O3/c1-29(24-27-20-16-22(33-3)21(32-2)15-19(20)23(26)28-24)17-25(18-7-5-4-6-8-18)9-11-30(12-10-25)13-14-31/h4-8,14-16H,9-13,17H2,1-3H3,(H2,26,27,28). The molecule has 0 atom stereocenters. The van der Waals surface area contributed by atoms with E-state index in [1.807, 2.05) is 25.2 Å². The number of piperidine rings is 1. The van der Waals surface area contributed by atoms with Gasteiger partial charge in [-0.05, 0) is 37.6 Å². The molecule has 1 fully saturated rings. The van der Waals surface area contributed by atoms with E-state index in [9.17, 15) is 4.79 Å². The Morgan fingerprint density at radius 2 is 1.76 bits per heavy atom. The molecule has 0 radical (unpaired) electrons. The number of aldehydes is 1. The average Bonchev–Trinajstić information content (AvgIpc) is 2.85. The van der Waals surface area contributed by atoms with Crippen LogP contribution in [-0.4, -0.2) is 68.6 Å². The first-order chi connectivity index (χ1) is 16.0. The zero-order chi connectivity index (χ0) is 23.4. The fourth-order valence-electron chi connectivity index (χ4n) is 4.76. The number of nitrogens with zero attached hydrogens (tertiary/aromatic N) is 4. The van der Waals surface area contributed by atoms with Crippen molar-refractivity contribution in [3.05, 3.63) is 48.0 Å². The summed E-state index contributed by atoms with van der Waals surface area (Å²) >= 11 is 0. The van der Waals surface area contributed by atoms with Crippen LogP contribution >= 0.6 is 0 Å². The van der Waals surface area contributed by atoms with E-state index in [1.54, 1.807) is 14.2 Å². The summed E-state index contributed by atoms with van der Waals surface area (Å²) in [4.78, 5) is 24.7. The third-order valence-electron chi connectivity index (χ3n) is 6.63. The molecule has 2 heterocycles. The Hall–Kier alpha value is -3.39. The first-order valence-electron chi connectivity index (χ1n) is 11.1. The summed E-state index contributed by atoms with van der Waals surface area (Å²) < 4.78 is 10.8. The molecule has 0 bridgehead atoms. The molecule has 8 heteroatoms. The van der Waals surface area contributed by atoms with Gasteiger partial charge >= 0.3 is 0 Å². The summed E-state index contributed by atoms with van der Waals surface area (Å²) in [6.45, 7) is 2.97. The van der Waals surface area contributed by atoms with Crippen molar-refractivity contribution >= 4 is 29.0 Å². The predicted octanol–water partition coefficient (Wildman–Crippen LogP) is 2.90. The van der Waals surface area contributed by atoms with Crippen molar-refractivity contribution in [1.29, 1.82) is 0 Å². The van der Waals surface area contributed by atoms with Gasteiger partial charge in [0.15, 0.2) is 11.5 Å². The van der Waals surface area contributed by atoms with Gasteiger partial charge in [-0.25, -0.2) is 4.98 Å². The van der Waals surface area contributed by atoms with Gasteiger partial charge in [0.1, 0.15) is 12.1 Å². The van der Waals surface area contributed by atoms with Crippen LogP contribution in [0.4, 0.5) is 11.8 Å². The van der Waals surface area contributed by atoms with Gasteiger partial charge in [0.2, 0.25) is 5.95 Å². The van der Waals surface area contributed by atoms with E-state index < -0.39 is 0 Å². The average molecular weight is 450 g/mol. The van der Waals surface area contributed by atoms with Crippen LogP contribution in [0.1, 0.15) is 18.4 Å². The van der Waals surface area contributed by atoms with Crippen molar-refractivity contribution in [2.24, 2.45) is 0 Å². The lowest BCUT2D eigenvalue weighted by molar-refractivity contribution is -0.109. The molecule has 33 heavy (non-hydrogen) atoms. The second kappa shape index (κ2) is 9.62. The number of benzene rings is 2. The van der Waals surface area contributed by atoms with Crippen LogP contribution in [0.25, 0.3) is 10.9 Å². The van der Waals surface area contributed by atoms with Gasteiger partial charge < -0.3 is 24.9 Å². The predicted molar refractivity (Wildman–Crippen MR) is 130 cm³/mol. The lowest BCUT2D eigenvalue weighted by Crippen LogP contribution is -2.49.